The van der Waals surface area contributed by atoms with Crippen LogP contribution in [0.3, 0.4) is 0 Å². The molecule has 0 amide bonds. The standard InChI is InChI=1S/C24H22F3N3O3S/c25-24(26,27)34(31,32)21-8-6-19(7-9-21)29-16-23(11-12-23)30(17-29)15-18-10-13-28-22(14-18)33-20-4-2-1-3-5-20/h1-10,13-14H,11-12,15-17H2. The highest BCUT2D eigenvalue weighted by atomic mass is 32.2. The summed E-state index contributed by atoms with van der Waals surface area (Å²) in [6.45, 7) is 1.99. The normalized spacial score (nSPS) is 17.8. The Morgan fingerprint density at radius 2 is 1.71 bits per heavy atom. The highest BCUT2D eigenvalue weighted by Gasteiger charge is 2.53. The van der Waals surface area contributed by atoms with Gasteiger partial charge in [0.2, 0.25) is 5.88 Å². The largest absolute Gasteiger partial charge is 0.501 e. The molecular weight excluding hydrogens is 467 g/mol. The van der Waals surface area contributed by atoms with Crippen LogP contribution in [0.4, 0.5) is 18.9 Å². The van der Waals surface area contributed by atoms with Crippen LogP contribution in [0, 0.1) is 0 Å². The van der Waals surface area contributed by atoms with Crippen molar-refractivity contribution in [2.24, 2.45) is 0 Å². The van der Waals surface area contributed by atoms with E-state index in [2.05, 4.69) is 14.8 Å². The van der Waals surface area contributed by atoms with Gasteiger partial charge in [0.15, 0.2) is 0 Å². The molecule has 0 unspecified atom stereocenters. The molecule has 1 aliphatic heterocycles. The first-order valence-electron chi connectivity index (χ1n) is 10.8. The molecule has 1 spiro atoms. The van der Waals surface area contributed by atoms with Crippen LogP contribution < -0.4 is 9.64 Å². The van der Waals surface area contributed by atoms with Crippen LogP contribution in [0.2, 0.25) is 0 Å². The Morgan fingerprint density at radius 1 is 1.00 bits per heavy atom. The Balaban J connectivity index is 1.29. The van der Waals surface area contributed by atoms with E-state index < -0.39 is 20.2 Å². The molecule has 2 aromatic carbocycles. The van der Waals surface area contributed by atoms with Gasteiger partial charge in [-0.2, -0.15) is 13.2 Å². The summed E-state index contributed by atoms with van der Waals surface area (Å²) in [4.78, 5) is 7.95. The minimum atomic E-state index is -5.35. The molecule has 1 aromatic heterocycles. The Kier molecular flexibility index (Phi) is 5.52. The van der Waals surface area contributed by atoms with Crippen LogP contribution in [0.5, 0.6) is 11.6 Å². The van der Waals surface area contributed by atoms with Gasteiger partial charge in [0.1, 0.15) is 5.75 Å². The number of nitrogens with zero attached hydrogens (tertiary/aromatic N) is 3. The van der Waals surface area contributed by atoms with E-state index in [4.69, 9.17) is 4.74 Å². The maximum absolute atomic E-state index is 12.8. The molecule has 10 heteroatoms. The highest BCUT2D eigenvalue weighted by molar-refractivity contribution is 7.92. The molecule has 0 bridgehead atoms. The van der Waals surface area contributed by atoms with Crippen LogP contribution in [0.1, 0.15) is 18.4 Å². The Bertz CT molecular complexity index is 1280. The molecule has 5 rings (SSSR count). The summed E-state index contributed by atoms with van der Waals surface area (Å²) in [6.07, 6.45) is 3.77. The number of hydrogen-bond donors (Lipinski definition) is 0. The van der Waals surface area contributed by atoms with E-state index in [0.29, 0.717) is 30.5 Å². The summed E-state index contributed by atoms with van der Waals surface area (Å²) in [7, 11) is -5.35. The van der Waals surface area contributed by atoms with Gasteiger partial charge in [0.25, 0.3) is 9.84 Å². The SMILES string of the molecule is O=S(=O)(c1ccc(N2CN(Cc3ccnc(Oc4ccccc4)c3)C3(CC3)C2)cc1)C(F)(F)F. The quantitative estimate of drug-likeness (QED) is 0.487. The van der Waals surface area contributed by atoms with Crippen LogP contribution in [0.15, 0.2) is 77.8 Å². The first kappa shape index (κ1) is 22.7. The molecule has 1 saturated carbocycles. The van der Waals surface area contributed by atoms with Gasteiger partial charge >= 0.3 is 5.51 Å². The predicted molar refractivity (Wildman–Crippen MR) is 120 cm³/mol. The molecule has 1 aliphatic carbocycles. The monoisotopic (exact) mass is 489 g/mol. The van der Waals surface area contributed by atoms with Crippen molar-refractivity contribution >= 4 is 15.5 Å². The molecule has 0 atom stereocenters. The fourth-order valence-corrected chi connectivity index (χ4v) is 5.04. The lowest BCUT2D eigenvalue weighted by Gasteiger charge is -2.22. The molecule has 2 aliphatic rings. The summed E-state index contributed by atoms with van der Waals surface area (Å²) in [5.41, 5.74) is -3.57. The number of sulfone groups is 1. The van der Waals surface area contributed by atoms with Gasteiger partial charge in [-0.25, -0.2) is 13.4 Å². The number of alkyl halides is 3. The summed E-state index contributed by atoms with van der Waals surface area (Å²) in [5.74, 6) is 1.21. The Labute approximate surface area is 195 Å². The zero-order valence-corrected chi connectivity index (χ0v) is 18.9. The maximum atomic E-state index is 12.8. The lowest BCUT2D eigenvalue weighted by molar-refractivity contribution is -0.0436. The van der Waals surface area contributed by atoms with E-state index in [0.717, 1.165) is 37.1 Å². The zero-order valence-electron chi connectivity index (χ0n) is 18.1. The van der Waals surface area contributed by atoms with Crippen LogP contribution in [0.25, 0.3) is 0 Å². The second-order valence-corrected chi connectivity index (χ2v) is 10.6. The van der Waals surface area contributed by atoms with Crippen molar-refractivity contribution in [3.8, 4) is 11.6 Å². The summed E-state index contributed by atoms with van der Waals surface area (Å²) < 4.78 is 67.6. The smallest absolute Gasteiger partial charge is 0.439 e. The molecule has 1 saturated heterocycles. The number of hydrogen-bond acceptors (Lipinski definition) is 6. The molecule has 0 N–H and O–H groups in total. The number of pyridine rings is 1. The number of aromatic nitrogens is 1. The topological polar surface area (TPSA) is 62.7 Å². The van der Waals surface area contributed by atoms with Crippen LogP contribution in [-0.4, -0.2) is 42.6 Å². The third-order valence-electron chi connectivity index (χ3n) is 6.28. The fourth-order valence-electron chi connectivity index (χ4n) is 4.27. The Hall–Kier alpha value is -3.11. The molecular formula is C24H22F3N3O3S. The van der Waals surface area contributed by atoms with Crippen molar-refractivity contribution < 1.29 is 26.3 Å². The van der Waals surface area contributed by atoms with E-state index >= 15 is 0 Å². The summed E-state index contributed by atoms with van der Waals surface area (Å²) >= 11 is 0. The average Bonchev–Trinajstić information content (AvgIpc) is 3.50. The molecule has 6 nitrogen and oxygen atoms in total. The molecule has 3 aromatic rings. The third kappa shape index (κ3) is 4.35. The summed E-state index contributed by atoms with van der Waals surface area (Å²) in [6, 6.07) is 18.2. The van der Waals surface area contributed by atoms with Gasteiger partial charge in [-0.05, 0) is 60.9 Å². The Morgan fingerprint density at radius 3 is 2.35 bits per heavy atom. The van der Waals surface area contributed by atoms with Crippen LogP contribution in [-0.2, 0) is 16.4 Å². The van der Waals surface area contributed by atoms with Gasteiger partial charge in [-0.15, -0.1) is 0 Å². The fraction of sp³-hybridized carbons (Fsp3) is 0.292. The number of para-hydroxylation sites is 1. The van der Waals surface area contributed by atoms with Gasteiger partial charge in [-0.3, -0.25) is 4.90 Å². The first-order chi connectivity index (χ1) is 16.2. The minimum Gasteiger partial charge on any atom is -0.439 e. The molecule has 178 valence electrons. The molecule has 2 heterocycles. The predicted octanol–water partition coefficient (Wildman–Crippen LogP) is 4.98. The van der Waals surface area contributed by atoms with E-state index in [-0.39, 0.29) is 5.54 Å². The number of ether oxygens (including phenoxy) is 1. The third-order valence-corrected chi connectivity index (χ3v) is 7.78. The lowest BCUT2D eigenvalue weighted by atomic mass is 10.2. The molecule has 0 radical (unpaired) electrons. The van der Waals surface area contributed by atoms with Gasteiger partial charge in [-0.1, -0.05) is 18.2 Å². The number of rotatable bonds is 6. The number of anilines is 1. The molecule has 2 fully saturated rings. The second kappa shape index (κ2) is 8.28. The van der Waals surface area contributed by atoms with E-state index in [1.165, 1.54) is 12.1 Å². The van der Waals surface area contributed by atoms with Crippen molar-refractivity contribution in [1.29, 1.82) is 0 Å². The highest BCUT2D eigenvalue weighted by Crippen LogP contribution is 2.48. The van der Waals surface area contributed by atoms with Gasteiger partial charge < -0.3 is 9.64 Å². The zero-order chi connectivity index (χ0) is 24.0. The van der Waals surface area contributed by atoms with E-state index in [1.807, 2.05) is 42.5 Å². The summed E-state index contributed by atoms with van der Waals surface area (Å²) in [5, 5.41) is 0. The van der Waals surface area contributed by atoms with Gasteiger partial charge in [0.05, 0.1) is 11.6 Å². The van der Waals surface area contributed by atoms with Crippen molar-refractivity contribution in [2.45, 2.75) is 35.3 Å². The number of benzene rings is 2. The lowest BCUT2D eigenvalue weighted by Crippen LogP contribution is -2.32. The van der Waals surface area contributed by atoms with Crippen molar-refractivity contribution in [3.05, 3.63) is 78.5 Å². The van der Waals surface area contributed by atoms with Crippen molar-refractivity contribution in [2.75, 3.05) is 18.1 Å². The maximum Gasteiger partial charge on any atom is 0.501 e. The van der Waals surface area contributed by atoms with Crippen molar-refractivity contribution in [3.63, 3.8) is 0 Å². The van der Waals surface area contributed by atoms with Gasteiger partial charge in [0, 0.05) is 36.6 Å². The minimum absolute atomic E-state index is 0.0143. The number of halogens is 3. The van der Waals surface area contributed by atoms with E-state index in [9.17, 15) is 21.6 Å². The first-order valence-corrected chi connectivity index (χ1v) is 12.2. The average molecular weight is 490 g/mol. The molecule has 34 heavy (non-hydrogen) atoms. The van der Waals surface area contributed by atoms with Crippen molar-refractivity contribution in [1.82, 2.24) is 9.88 Å². The second-order valence-electron chi connectivity index (χ2n) is 8.62. The van der Waals surface area contributed by atoms with E-state index in [1.54, 1.807) is 6.20 Å². The van der Waals surface area contributed by atoms with Crippen LogP contribution >= 0.6 is 0 Å².